The molecule has 1 atom stereocenters. The molecule has 7 nitrogen and oxygen atoms in total. The third kappa shape index (κ3) is 2.40. The number of nitrogens with two attached hydrogens (primary N) is 1. The summed E-state index contributed by atoms with van der Waals surface area (Å²) in [6, 6.07) is 0.383. The lowest BCUT2D eigenvalue weighted by Crippen LogP contribution is -2.42. The Morgan fingerprint density at radius 2 is 2.30 bits per heavy atom. The molecule has 20 heavy (non-hydrogen) atoms. The van der Waals surface area contributed by atoms with Gasteiger partial charge < -0.3 is 16.0 Å². The summed E-state index contributed by atoms with van der Waals surface area (Å²) in [6.07, 6.45) is 4.05. The molecule has 108 valence electrons. The van der Waals surface area contributed by atoms with E-state index in [2.05, 4.69) is 32.2 Å². The van der Waals surface area contributed by atoms with Crippen LogP contribution < -0.4 is 11.1 Å². The third-order valence-electron chi connectivity index (χ3n) is 3.91. The zero-order valence-electron chi connectivity index (χ0n) is 12.0. The van der Waals surface area contributed by atoms with E-state index in [9.17, 15) is 0 Å². The van der Waals surface area contributed by atoms with Crippen LogP contribution in [0.1, 0.15) is 19.8 Å². The average molecular weight is 275 g/mol. The lowest BCUT2D eigenvalue weighted by Gasteiger charge is -2.32. The largest absolute Gasteiger partial charge is 0.383 e. The smallest absolute Gasteiger partial charge is 0.226 e. The Bertz CT molecular complexity index is 606. The Kier molecular flexibility index (Phi) is 3.43. The van der Waals surface area contributed by atoms with E-state index in [0.717, 1.165) is 30.5 Å². The van der Waals surface area contributed by atoms with Crippen LogP contribution in [-0.4, -0.2) is 50.3 Å². The zero-order chi connectivity index (χ0) is 14.1. The monoisotopic (exact) mass is 275 g/mol. The maximum absolute atomic E-state index is 5.97. The maximum Gasteiger partial charge on any atom is 0.226 e. The molecule has 1 fully saturated rings. The van der Waals surface area contributed by atoms with Gasteiger partial charge in [0.15, 0.2) is 5.65 Å². The molecule has 7 heteroatoms. The number of aromatic nitrogens is 4. The van der Waals surface area contributed by atoms with Gasteiger partial charge in [0.1, 0.15) is 5.82 Å². The molecule has 0 unspecified atom stereocenters. The minimum absolute atomic E-state index is 0.383. The number of aryl methyl sites for hydroxylation is 1. The van der Waals surface area contributed by atoms with Gasteiger partial charge in [0.25, 0.3) is 0 Å². The zero-order valence-corrected chi connectivity index (χ0v) is 12.0. The first-order chi connectivity index (χ1) is 9.67. The Morgan fingerprint density at radius 1 is 1.45 bits per heavy atom. The highest BCUT2D eigenvalue weighted by atomic mass is 15.3. The summed E-state index contributed by atoms with van der Waals surface area (Å²) in [6.45, 7) is 5.49. The molecule has 0 aromatic carbocycles. The fourth-order valence-corrected chi connectivity index (χ4v) is 2.75. The third-order valence-corrected chi connectivity index (χ3v) is 3.91. The van der Waals surface area contributed by atoms with E-state index < -0.39 is 0 Å². The molecule has 2 aromatic heterocycles. The molecule has 3 heterocycles. The van der Waals surface area contributed by atoms with E-state index in [1.54, 1.807) is 10.9 Å². The molecule has 1 aliphatic heterocycles. The number of nitrogens with one attached hydrogen (secondary N) is 1. The van der Waals surface area contributed by atoms with Gasteiger partial charge in [-0.1, -0.05) is 6.92 Å². The number of nitrogen functional groups attached to an aromatic ring is 1. The molecular weight excluding hydrogens is 254 g/mol. The molecule has 1 aliphatic rings. The van der Waals surface area contributed by atoms with Gasteiger partial charge in [0.2, 0.25) is 5.95 Å². The molecule has 0 saturated carbocycles. The fourth-order valence-electron chi connectivity index (χ4n) is 2.75. The van der Waals surface area contributed by atoms with Crippen molar-refractivity contribution in [2.45, 2.75) is 25.8 Å². The Morgan fingerprint density at radius 3 is 3.10 bits per heavy atom. The highest BCUT2D eigenvalue weighted by Crippen LogP contribution is 2.20. The molecule has 0 aliphatic carbocycles. The predicted octanol–water partition coefficient (Wildman–Crippen LogP) is 0.842. The van der Waals surface area contributed by atoms with Crippen molar-refractivity contribution in [1.82, 2.24) is 24.6 Å². The van der Waals surface area contributed by atoms with Gasteiger partial charge in [-0.05, 0) is 25.9 Å². The van der Waals surface area contributed by atoms with Crippen LogP contribution in [0.3, 0.4) is 0 Å². The molecule has 2 aromatic rings. The minimum Gasteiger partial charge on any atom is -0.383 e. The number of piperidine rings is 1. The van der Waals surface area contributed by atoms with Crippen molar-refractivity contribution < 1.29 is 0 Å². The standard InChI is InChI=1S/C13H21N7/c1-3-20-6-4-5-9(8-20)16-13-17-11(14)10-7-15-19(2)12(10)18-13/h7,9H,3-6,8H2,1-2H3,(H3,14,16,17,18)/t9-/m1/s1. The highest BCUT2D eigenvalue weighted by Gasteiger charge is 2.20. The molecule has 3 N–H and O–H groups in total. The summed E-state index contributed by atoms with van der Waals surface area (Å²) in [5.74, 6) is 1.08. The van der Waals surface area contributed by atoms with Crippen LogP contribution in [0.2, 0.25) is 0 Å². The van der Waals surface area contributed by atoms with Gasteiger partial charge >= 0.3 is 0 Å². The quantitative estimate of drug-likeness (QED) is 0.863. The van der Waals surface area contributed by atoms with Crippen LogP contribution in [-0.2, 0) is 7.05 Å². The molecule has 0 radical (unpaired) electrons. The van der Waals surface area contributed by atoms with Crippen LogP contribution in [0, 0.1) is 0 Å². The van der Waals surface area contributed by atoms with Crippen molar-refractivity contribution in [3.05, 3.63) is 6.20 Å². The first-order valence-electron chi connectivity index (χ1n) is 7.11. The van der Waals surface area contributed by atoms with Gasteiger partial charge in [-0.3, -0.25) is 4.68 Å². The molecule has 0 bridgehead atoms. The van der Waals surface area contributed by atoms with E-state index in [4.69, 9.17) is 5.73 Å². The predicted molar refractivity (Wildman–Crippen MR) is 79.5 cm³/mol. The van der Waals surface area contributed by atoms with Crippen molar-refractivity contribution >= 4 is 22.8 Å². The summed E-state index contributed by atoms with van der Waals surface area (Å²) < 4.78 is 1.72. The summed E-state index contributed by atoms with van der Waals surface area (Å²) in [5.41, 5.74) is 6.74. The van der Waals surface area contributed by atoms with E-state index in [-0.39, 0.29) is 0 Å². The van der Waals surface area contributed by atoms with Crippen LogP contribution >= 0.6 is 0 Å². The number of likely N-dealkylation sites (N-methyl/N-ethyl adjacent to an activating group) is 1. The Balaban J connectivity index is 1.82. The molecule has 0 amide bonds. The highest BCUT2D eigenvalue weighted by molar-refractivity contribution is 5.86. The normalized spacial score (nSPS) is 20.4. The fraction of sp³-hybridized carbons (Fsp3) is 0.615. The van der Waals surface area contributed by atoms with Gasteiger partial charge in [-0.15, -0.1) is 0 Å². The van der Waals surface area contributed by atoms with Gasteiger partial charge in [0.05, 0.1) is 11.6 Å². The van der Waals surface area contributed by atoms with Crippen molar-refractivity contribution in [2.24, 2.45) is 7.05 Å². The molecule has 0 spiro atoms. The van der Waals surface area contributed by atoms with E-state index >= 15 is 0 Å². The number of likely N-dealkylation sites (tertiary alicyclic amines) is 1. The topological polar surface area (TPSA) is 84.9 Å². The van der Waals surface area contributed by atoms with Gasteiger partial charge in [0, 0.05) is 19.6 Å². The number of hydrogen-bond donors (Lipinski definition) is 2. The SMILES string of the molecule is CCN1CCC[C@@H](Nc2nc(N)c3cnn(C)c3n2)C1. The lowest BCUT2D eigenvalue weighted by molar-refractivity contribution is 0.226. The Hall–Kier alpha value is -1.89. The van der Waals surface area contributed by atoms with E-state index in [1.165, 1.54) is 13.0 Å². The second-order valence-corrected chi connectivity index (χ2v) is 5.31. The second kappa shape index (κ2) is 5.24. The van der Waals surface area contributed by atoms with Crippen molar-refractivity contribution in [2.75, 3.05) is 30.7 Å². The minimum atomic E-state index is 0.383. The van der Waals surface area contributed by atoms with Gasteiger partial charge in [-0.2, -0.15) is 15.1 Å². The van der Waals surface area contributed by atoms with Crippen LogP contribution in [0.4, 0.5) is 11.8 Å². The van der Waals surface area contributed by atoms with Crippen molar-refractivity contribution in [3.8, 4) is 0 Å². The summed E-state index contributed by atoms with van der Waals surface area (Å²) >= 11 is 0. The summed E-state index contributed by atoms with van der Waals surface area (Å²) in [5, 5.41) is 8.38. The number of nitrogens with zero attached hydrogens (tertiary/aromatic N) is 5. The molecular formula is C13H21N7. The van der Waals surface area contributed by atoms with E-state index in [1.807, 2.05) is 7.05 Å². The summed E-state index contributed by atoms with van der Waals surface area (Å²) in [4.78, 5) is 11.3. The average Bonchev–Trinajstić information content (AvgIpc) is 2.81. The Labute approximate surface area is 118 Å². The lowest BCUT2D eigenvalue weighted by atomic mass is 10.1. The molecule has 1 saturated heterocycles. The van der Waals surface area contributed by atoms with Crippen LogP contribution in [0.25, 0.3) is 11.0 Å². The number of hydrogen-bond acceptors (Lipinski definition) is 6. The molecule has 3 rings (SSSR count). The first kappa shape index (κ1) is 13.1. The number of anilines is 2. The number of fused-ring (bicyclic) bond motifs is 1. The second-order valence-electron chi connectivity index (χ2n) is 5.31. The van der Waals surface area contributed by atoms with Crippen LogP contribution in [0.15, 0.2) is 6.20 Å². The first-order valence-corrected chi connectivity index (χ1v) is 7.11. The van der Waals surface area contributed by atoms with Crippen molar-refractivity contribution in [1.29, 1.82) is 0 Å². The number of rotatable bonds is 3. The van der Waals surface area contributed by atoms with Gasteiger partial charge in [-0.25, -0.2) is 0 Å². The van der Waals surface area contributed by atoms with Crippen LogP contribution in [0.5, 0.6) is 0 Å². The van der Waals surface area contributed by atoms with E-state index in [0.29, 0.717) is 17.8 Å². The van der Waals surface area contributed by atoms with Crippen molar-refractivity contribution in [3.63, 3.8) is 0 Å². The summed E-state index contributed by atoms with van der Waals surface area (Å²) in [7, 11) is 1.86. The maximum atomic E-state index is 5.97.